The molecule has 5 heteroatoms. The van der Waals surface area contributed by atoms with Crippen molar-refractivity contribution in [2.75, 3.05) is 0 Å². The number of hydrogen-bond acceptors (Lipinski definition) is 3. The molecule has 3 N–H and O–H groups in total. The highest BCUT2D eigenvalue weighted by Crippen LogP contribution is 2.16. The Kier molecular flexibility index (Phi) is 2.46. The summed E-state index contributed by atoms with van der Waals surface area (Å²) in [7, 11) is 0. The molecule has 0 aliphatic carbocycles. The molecule has 0 atom stereocenters. The van der Waals surface area contributed by atoms with Gasteiger partial charge in [0.15, 0.2) is 5.65 Å². The van der Waals surface area contributed by atoms with Crippen LogP contribution in [0.15, 0.2) is 47.7 Å². The molecule has 0 fully saturated rings. The summed E-state index contributed by atoms with van der Waals surface area (Å²) < 4.78 is 1.88. The Balaban J connectivity index is 2.25. The lowest BCUT2D eigenvalue weighted by Gasteiger charge is -2.06. The van der Waals surface area contributed by atoms with Crippen LogP contribution in [-0.4, -0.2) is 14.5 Å². The van der Waals surface area contributed by atoms with Gasteiger partial charge in [0.05, 0.1) is 11.7 Å². The molecule has 0 radical (unpaired) electrons. The van der Waals surface area contributed by atoms with Crippen LogP contribution in [0.1, 0.15) is 5.56 Å². The van der Waals surface area contributed by atoms with E-state index in [-0.39, 0.29) is 5.56 Å². The lowest BCUT2D eigenvalue weighted by atomic mass is 10.2. The molecule has 0 amide bonds. The van der Waals surface area contributed by atoms with Gasteiger partial charge in [0.2, 0.25) is 0 Å². The highest BCUT2D eigenvalue weighted by atomic mass is 16.1. The van der Waals surface area contributed by atoms with Crippen LogP contribution in [0, 0.1) is 0 Å². The van der Waals surface area contributed by atoms with Gasteiger partial charge in [0.25, 0.3) is 5.56 Å². The van der Waals surface area contributed by atoms with Crippen LogP contribution in [-0.2, 0) is 6.54 Å². The summed E-state index contributed by atoms with van der Waals surface area (Å²) in [6.07, 6.45) is 3.25. The minimum absolute atomic E-state index is 0.131. The Bertz CT molecular complexity index is 757. The zero-order valence-electron chi connectivity index (χ0n) is 9.63. The van der Waals surface area contributed by atoms with E-state index in [9.17, 15) is 4.79 Å². The number of nitrogens with zero attached hydrogens (tertiary/aromatic N) is 2. The predicted molar refractivity (Wildman–Crippen MR) is 69.6 cm³/mol. The number of nitrogens with two attached hydrogens (primary N) is 1. The van der Waals surface area contributed by atoms with E-state index in [0.717, 1.165) is 11.3 Å². The Morgan fingerprint density at radius 1 is 1.33 bits per heavy atom. The van der Waals surface area contributed by atoms with Crippen molar-refractivity contribution in [3.8, 4) is 5.69 Å². The number of rotatable bonds is 2. The van der Waals surface area contributed by atoms with Crippen molar-refractivity contribution in [1.82, 2.24) is 14.5 Å². The van der Waals surface area contributed by atoms with Gasteiger partial charge in [0.1, 0.15) is 0 Å². The second-order valence-electron chi connectivity index (χ2n) is 4.03. The summed E-state index contributed by atoms with van der Waals surface area (Å²) in [5.74, 6) is 0. The number of benzene rings is 1. The maximum atomic E-state index is 11.6. The monoisotopic (exact) mass is 240 g/mol. The number of aromatic amines is 1. The zero-order valence-corrected chi connectivity index (χ0v) is 9.63. The molecule has 0 spiro atoms. The quantitative estimate of drug-likeness (QED) is 0.706. The van der Waals surface area contributed by atoms with E-state index in [1.807, 2.05) is 35.0 Å². The second kappa shape index (κ2) is 4.12. The van der Waals surface area contributed by atoms with Crippen LogP contribution in [0.25, 0.3) is 16.7 Å². The first-order valence-electron chi connectivity index (χ1n) is 5.64. The summed E-state index contributed by atoms with van der Waals surface area (Å²) in [5.41, 5.74) is 8.14. The summed E-state index contributed by atoms with van der Waals surface area (Å²) in [4.78, 5) is 18.4. The third-order valence-corrected chi connectivity index (χ3v) is 2.91. The maximum absolute atomic E-state index is 11.6. The van der Waals surface area contributed by atoms with E-state index in [2.05, 4.69) is 9.97 Å². The van der Waals surface area contributed by atoms with E-state index < -0.39 is 0 Å². The highest BCUT2D eigenvalue weighted by Gasteiger charge is 2.07. The molecule has 18 heavy (non-hydrogen) atoms. The first-order valence-corrected chi connectivity index (χ1v) is 5.64. The van der Waals surface area contributed by atoms with Gasteiger partial charge in [-0.15, -0.1) is 0 Å². The van der Waals surface area contributed by atoms with Crippen molar-refractivity contribution in [3.63, 3.8) is 0 Å². The number of H-pyrrole nitrogens is 1. The molecular weight excluding hydrogens is 228 g/mol. The number of aromatic nitrogens is 3. The lowest BCUT2D eigenvalue weighted by Crippen LogP contribution is -2.06. The van der Waals surface area contributed by atoms with Gasteiger partial charge < -0.3 is 15.3 Å². The van der Waals surface area contributed by atoms with E-state index in [4.69, 9.17) is 5.73 Å². The highest BCUT2D eigenvalue weighted by molar-refractivity contribution is 5.76. The predicted octanol–water partition coefficient (Wildman–Crippen LogP) is 1.17. The Labute approximate surface area is 103 Å². The molecule has 0 saturated carbocycles. The second-order valence-corrected chi connectivity index (χ2v) is 4.03. The summed E-state index contributed by atoms with van der Waals surface area (Å²) in [5, 5.41) is 0.579. The van der Waals surface area contributed by atoms with Gasteiger partial charge in [-0.25, -0.2) is 4.98 Å². The van der Waals surface area contributed by atoms with Gasteiger partial charge in [0, 0.05) is 18.4 Å². The van der Waals surface area contributed by atoms with Crippen LogP contribution in [0.2, 0.25) is 0 Å². The molecule has 1 aromatic carbocycles. The summed E-state index contributed by atoms with van der Waals surface area (Å²) >= 11 is 0. The molecule has 3 rings (SSSR count). The van der Waals surface area contributed by atoms with E-state index in [1.165, 1.54) is 6.33 Å². The van der Waals surface area contributed by atoms with E-state index in [0.29, 0.717) is 17.6 Å². The minimum atomic E-state index is -0.131. The molecule has 0 bridgehead atoms. The molecule has 3 aromatic rings. The minimum Gasteiger partial charge on any atom is -0.326 e. The van der Waals surface area contributed by atoms with E-state index >= 15 is 0 Å². The topological polar surface area (TPSA) is 76.7 Å². The maximum Gasteiger partial charge on any atom is 0.260 e. The number of fused-ring (bicyclic) bond motifs is 1. The van der Waals surface area contributed by atoms with Crippen molar-refractivity contribution < 1.29 is 0 Å². The normalized spacial score (nSPS) is 10.9. The lowest BCUT2D eigenvalue weighted by molar-refractivity contribution is 1.03. The van der Waals surface area contributed by atoms with Gasteiger partial charge in [-0.05, 0) is 23.8 Å². The zero-order chi connectivity index (χ0) is 12.5. The Morgan fingerprint density at radius 2 is 2.22 bits per heavy atom. The molecule has 90 valence electrons. The van der Waals surface area contributed by atoms with E-state index in [1.54, 1.807) is 6.07 Å². The van der Waals surface area contributed by atoms with Gasteiger partial charge in [-0.3, -0.25) is 4.79 Å². The van der Waals surface area contributed by atoms with Gasteiger partial charge >= 0.3 is 0 Å². The van der Waals surface area contributed by atoms with Crippen LogP contribution in [0.5, 0.6) is 0 Å². The fraction of sp³-hybridized carbons (Fsp3) is 0.0769. The van der Waals surface area contributed by atoms with Crippen LogP contribution >= 0.6 is 0 Å². The van der Waals surface area contributed by atoms with Crippen molar-refractivity contribution >= 4 is 11.0 Å². The molecule has 2 heterocycles. The van der Waals surface area contributed by atoms with Crippen molar-refractivity contribution in [2.45, 2.75) is 6.54 Å². The molecule has 0 aliphatic rings. The van der Waals surface area contributed by atoms with Crippen LogP contribution < -0.4 is 11.3 Å². The number of nitrogens with one attached hydrogen (secondary N) is 1. The largest absolute Gasteiger partial charge is 0.326 e. The Morgan fingerprint density at radius 3 is 3.06 bits per heavy atom. The third-order valence-electron chi connectivity index (χ3n) is 2.91. The van der Waals surface area contributed by atoms with Gasteiger partial charge in [-0.1, -0.05) is 12.1 Å². The molecular formula is C13H12N4O. The number of hydrogen-bond donors (Lipinski definition) is 2. The molecule has 0 unspecified atom stereocenters. The summed E-state index contributed by atoms with van der Waals surface area (Å²) in [6.45, 7) is 0.487. The van der Waals surface area contributed by atoms with Crippen molar-refractivity contribution in [1.29, 1.82) is 0 Å². The molecule has 0 saturated heterocycles. The standard InChI is InChI=1S/C13H12N4O/c14-7-9-2-1-3-10(6-9)17-5-4-11-12(17)15-8-16-13(11)18/h1-6,8H,7,14H2,(H,15,16,18). The first kappa shape index (κ1) is 10.7. The SMILES string of the molecule is NCc1cccc(-n2ccc3c(=O)[nH]cnc32)c1. The van der Waals surface area contributed by atoms with Crippen molar-refractivity contribution in [2.24, 2.45) is 5.73 Å². The van der Waals surface area contributed by atoms with Crippen molar-refractivity contribution in [3.05, 3.63) is 58.8 Å². The van der Waals surface area contributed by atoms with Crippen LogP contribution in [0.4, 0.5) is 0 Å². The third kappa shape index (κ3) is 1.61. The first-order chi connectivity index (χ1) is 8.79. The average molecular weight is 240 g/mol. The smallest absolute Gasteiger partial charge is 0.260 e. The molecule has 0 aliphatic heterocycles. The molecule has 2 aromatic heterocycles. The fourth-order valence-electron chi connectivity index (χ4n) is 2.00. The average Bonchev–Trinajstić information content (AvgIpc) is 2.84. The van der Waals surface area contributed by atoms with Gasteiger partial charge in [-0.2, -0.15) is 0 Å². The molecule has 5 nitrogen and oxygen atoms in total. The summed E-state index contributed by atoms with van der Waals surface area (Å²) in [6, 6.07) is 9.62. The fourth-order valence-corrected chi connectivity index (χ4v) is 2.00. The van der Waals surface area contributed by atoms with Crippen LogP contribution in [0.3, 0.4) is 0 Å². The Hall–Kier alpha value is -2.40.